The molecule has 32 heavy (non-hydrogen) atoms. The Morgan fingerprint density at radius 2 is 1.47 bits per heavy atom. The molecule has 0 aliphatic carbocycles. The average Bonchev–Trinajstić information content (AvgIpc) is 3.50. The topological polar surface area (TPSA) is 116 Å². The zero-order chi connectivity index (χ0) is 22.7. The summed E-state index contributed by atoms with van der Waals surface area (Å²) in [5, 5.41) is 0. The van der Waals surface area contributed by atoms with Crippen molar-refractivity contribution in [1.29, 1.82) is 0 Å². The van der Waals surface area contributed by atoms with E-state index < -0.39 is 21.8 Å². The highest BCUT2D eigenvalue weighted by molar-refractivity contribution is 7.89. The molecule has 2 saturated heterocycles. The fourth-order valence-electron chi connectivity index (χ4n) is 3.85. The third-order valence-corrected chi connectivity index (χ3v) is 7.52. The molecular formula is C22H24N4O5S. The summed E-state index contributed by atoms with van der Waals surface area (Å²) >= 11 is 0. The van der Waals surface area contributed by atoms with Crippen LogP contribution in [0.1, 0.15) is 46.4 Å². The Morgan fingerprint density at radius 3 is 2.09 bits per heavy atom. The number of carbonyl (C=O) groups is 3. The van der Waals surface area contributed by atoms with Crippen LogP contribution in [0.15, 0.2) is 53.4 Å². The molecule has 0 saturated carbocycles. The zero-order valence-corrected chi connectivity index (χ0v) is 18.2. The van der Waals surface area contributed by atoms with Crippen LogP contribution in [-0.4, -0.2) is 50.1 Å². The van der Waals surface area contributed by atoms with Gasteiger partial charge in [0.15, 0.2) is 0 Å². The van der Waals surface area contributed by atoms with Gasteiger partial charge >= 0.3 is 0 Å². The van der Waals surface area contributed by atoms with Gasteiger partial charge in [0.05, 0.1) is 4.90 Å². The van der Waals surface area contributed by atoms with Crippen LogP contribution < -0.4 is 15.8 Å². The smallest absolute Gasteiger partial charge is 0.269 e. The Labute approximate surface area is 186 Å². The van der Waals surface area contributed by atoms with E-state index in [2.05, 4.69) is 10.9 Å². The van der Waals surface area contributed by atoms with Gasteiger partial charge in [-0.2, -0.15) is 4.31 Å². The van der Waals surface area contributed by atoms with Crippen LogP contribution in [0.2, 0.25) is 0 Å². The first kappa shape index (κ1) is 22.0. The van der Waals surface area contributed by atoms with Gasteiger partial charge < -0.3 is 4.90 Å². The van der Waals surface area contributed by atoms with Gasteiger partial charge in [0.2, 0.25) is 15.9 Å². The molecule has 0 unspecified atom stereocenters. The number of hydrogen-bond donors (Lipinski definition) is 2. The number of sulfonamides is 1. The predicted octanol–water partition coefficient (Wildman–Crippen LogP) is 1.67. The number of hydrogen-bond acceptors (Lipinski definition) is 5. The number of hydrazine groups is 1. The molecule has 9 nitrogen and oxygen atoms in total. The summed E-state index contributed by atoms with van der Waals surface area (Å²) in [4.78, 5) is 38.5. The molecule has 2 N–H and O–H groups in total. The first-order valence-corrected chi connectivity index (χ1v) is 11.9. The van der Waals surface area contributed by atoms with Crippen molar-refractivity contribution in [3.05, 3.63) is 59.7 Å². The van der Waals surface area contributed by atoms with E-state index in [9.17, 15) is 22.8 Å². The van der Waals surface area contributed by atoms with Crippen molar-refractivity contribution in [3.8, 4) is 0 Å². The zero-order valence-electron chi connectivity index (χ0n) is 17.4. The molecule has 0 aromatic heterocycles. The van der Waals surface area contributed by atoms with Gasteiger partial charge in [0.1, 0.15) is 0 Å². The number of nitrogens with one attached hydrogen (secondary N) is 2. The van der Waals surface area contributed by atoms with Gasteiger partial charge in [0.25, 0.3) is 11.8 Å². The summed E-state index contributed by atoms with van der Waals surface area (Å²) in [6.07, 6.45) is 2.96. The van der Waals surface area contributed by atoms with Gasteiger partial charge in [-0.25, -0.2) is 8.42 Å². The minimum absolute atomic E-state index is 0.0195. The van der Waals surface area contributed by atoms with Crippen LogP contribution in [-0.2, 0) is 14.8 Å². The summed E-state index contributed by atoms with van der Waals surface area (Å²) in [5.41, 5.74) is 5.83. The van der Waals surface area contributed by atoms with Crippen molar-refractivity contribution in [2.45, 2.75) is 30.6 Å². The normalized spacial score (nSPS) is 16.9. The monoisotopic (exact) mass is 456 g/mol. The molecule has 2 fully saturated rings. The van der Waals surface area contributed by atoms with Crippen molar-refractivity contribution in [2.24, 2.45) is 0 Å². The highest BCUT2D eigenvalue weighted by atomic mass is 32.2. The minimum atomic E-state index is -3.55. The second kappa shape index (κ2) is 9.09. The lowest BCUT2D eigenvalue weighted by atomic mass is 10.2. The highest BCUT2D eigenvalue weighted by Gasteiger charge is 2.27. The fraction of sp³-hybridized carbons (Fsp3) is 0.318. The maximum Gasteiger partial charge on any atom is 0.269 e. The molecule has 2 aliphatic rings. The van der Waals surface area contributed by atoms with E-state index in [1.807, 2.05) is 0 Å². The Bertz CT molecular complexity index is 1140. The predicted molar refractivity (Wildman–Crippen MR) is 117 cm³/mol. The number of benzene rings is 2. The summed E-state index contributed by atoms with van der Waals surface area (Å²) in [6, 6.07) is 12.2. The maximum absolute atomic E-state index is 12.6. The fourth-order valence-corrected chi connectivity index (χ4v) is 5.37. The quantitative estimate of drug-likeness (QED) is 0.664. The third kappa shape index (κ3) is 4.51. The number of anilines is 1. The van der Waals surface area contributed by atoms with E-state index in [1.54, 1.807) is 29.2 Å². The summed E-state index contributed by atoms with van der Waals surface area (Å²) in [5.74, 6) is -1.08. The van der Waals surface area contributed by atoms with Crippen LogP contribution >= 0.6 is 0 Å². The second-order valence-electron chi connectivity index (χ2n) is 7.74. The molecule has 2 aromatic rings. The van der Waals surface area contributed by atoms with Crippen molar-refractivity contribution in [1.82, 2.24) is 15.2 Å². The van der Waals surface area contributed by atoms with E-state index in [1.165, 1.54) is 28.6 Å². The van der Waals surface area contributed by atoms with Crippen LogP contribution in [0.25, 0.3) is 0 Å². The maximum atomic E-state index is 12.6. The Balaban J connectivity index is 1.37. The molecular weight excluding hydrogens is 432 g/mol. The molecule has 0 spiro atoms. The Kier molecular flexibility index (Phi) is 6.24. The van der Waals surface area contributed by atoms with Gasteiger partial charge in [-0.15, -0.1) is 0 Å². The van der Waals surface area contributed by atoms with Crippen molar-refractivity contribution in [2.75, 3.05) is 24.5 Å². The van der Waals surface area contributed by atoms with Crippen LogP contribution in [0.5, 0.6) is 0 Å². The number of rotatable bonds is 5. The van der Waals surface area contributed by atoms with Crippen molar-refractivity contribution < 1.29 is 22.8 Å². The number of amides is 3. The number of carbonyl (C=O) groups excluding carboxylic acids is 3. The Hall–Kier alpha value is -3.24. The molecule has 2 aliphatic heterocycles. The first-order valence-electron chi connectivity index (χ1n) is 10.5. The molecule has 4 rings (SSSR count). The summed E-state index contributed by atoms with van der Waals surface area (Å²) in [7, 11) is -3.55. The van der Waals surface area contributed by atoms with Gasteiger partial charge in [0, 0.05) is 42.9 Å². The van der Waals surface area contributed by atoms with Crippen molar-refractivity contribution >= 4 is 33.4 Å². The lowest BCUT2D eigenvalue weighted by Gasteiger charge is -2.16. The second-order valence-corrected chi connectivity index (χ2v) is 9.68. The van der Waals surface area contributed by atoms with Gasteiger partial charge in [-0.1, -0.05) is 6.07 Å². The molecule has 2 aromatic carbocycles. The third-order valence-electron chi connectivity index (χ3n) is 5.60. The van der Waals surface area contributed by atoms with E-state index in [0.717, 1.165) is 19.3 Å². The Morgan fingerprint density at radius 1 is 0.812 bits per heavy atom. The van der Waals surface area contributed by atoms with Gasteiger partial charge in [-0.05, 0) is 61.7 Å². The van der Waals surface area contributed by atoms with Gasteiger partial charge in [-0.3, -0.25) is 25.2 Å². The van der Waals surface area contributed by atoms with E-state index >= 15 is 0 Å². The minimum Gasteiger partial charge on any atom is -0.312 e. The van der Waals surface area contributed by atoms with E-state index in [4.69, 9.17) is 0 Å². The number of nitrogens with zero attached hydrogens (tertiary/aromatic N) is 2. The van der Waals surface area contributed by atoms with E-state index in [-0.39, 0.29) is 16.4 Å². The molecule has 2 heterocycles. The lowest BCUT2D eigenvalue weighted by molar-refractivity contribution is -0.117. The van der Waals surface area contributed by atoms with Crippen LogP contribution in [0.4, 0.5) is 5.69 Å². The van der Waals surface area contributed by atoms with Crippen molar-refractivity contribution in [3.63, 3.8) is 0 Å². The SMILES string of the molecule is O=C(NNC(=O)c1cccc(N2CCCC2=O)c1)c1ccc(S(=O)(=O)N2CCCC2)cc1. The summed E-state index contributed by atoms with van der Waals surface area (Å²) < 4.78 is 26.6. The summed E-state index contributed by atoms with van der Waals surface area (Å²) in [6.45, 7) is 1.62. The standard InChI is InChI=1S/C22H24N4O5S/c27-20-7-4-14-26(20)18-6-3-5-17(15-18)22(29)24-23-21(28)16-8-10-19(11-9-16)32(30,31)25-12-1-2-13-25/h3,5-6,8-11,15H,1-2,4,7,12-14H2,(H,23,28)(H,24,29). The van der Waals surface area contributed by atoms with Crippen LogP contribution in [0, 0.1) is 0 Å². The van der Waals surface area contributed by atoms with E-state index in [0.29, 0.717) is 37.3 Å². The average molecular weight is 457 g/mol. The largest absolute Gasteiger partial charge is 0.312 e. The molecule has 0 atom stereocenters. The molecule has 3 amide bonds. The molecule has 168 valence electrons. The molecule has 10 heteroatoms. The van der Waals surface area contributed by atoms with Crippen LogP contribution in [0.3, 0.4) is 0 Å². The highest BCUT2D eigenvalue weighted by Crippen LogP contribution is 2.23. The lowest BCUT2D eigenvalue weighted by Crippen LogP contribution is -2.41. The first-order chi connectivity index (χ1) is 15.4. The molecule has 0 radical (unpaired) electrons. The molecule has 0 bridgehead atoms.